The molecule has 7 nitrogen and oxygen atoms in total. The molecule has 2 aromatic heterocycles. The Labute approximate surface area is 201 Å². The van der Waals surface area contributed by atoms with Crippen LogP contribution in [0.5, 0.6) is 0 Å². The van der Waals surface area contributed by atoms with E-state index in [2.05, 4.69) is 10.3 Å². The minimum atomic E-state index is -0.461. The van der Waals surface area contributed by atoms with E-state index in [0.29, 0.717) is 55.5 Å². The Hall–Kier alpha value is -2.97. The molecule has 1 aliphatic carbocycles. The zero-order chi connectivity index (χ0) is 23.9. The minimum Gasteiger partial charge on any atom is -0.395 e. The van der Waals surface area contributed by atoms with E-state index >= 15 is 0 Å². The van der Waals surface area contributed by atoms with Crippen LogP contribution < -0.4 is 10.2 Å². The van der Waals surface area contributed by atoms with Crippen molar-refractivity contribution in [3.05, 3.63) is 59.1 Å². The molecule has 34 heavy (non-hydrogen) atoms. The van der Waals surface area contributed by atoms with Crippen LogP contribution in [0.2, 0.25) is 5.02 Å². The SMILES string of the molecule is O=C(NC1CCC2(CC1)CCN(c1ccc(F)cc1Cl)C2=O)c1cn(CCO)c2cccnc12. The van der Waals surface area contributed by atoms with Crippen LogP contribution in [0.4, 0.5) is 10.1 Å². The first kappa shape index (κ1) is 22.8. The molecule has 2 N–H and O–H groups in total. The third kappa shape index (κ3) is 3.95. The number of halogens is 2. The van der Waals surface area contributed by atoms with Crippen LogP contribution in [0.15, 0.2) is 42.7 Å². The van der Waals surface area contributed by atoms with Crippen LogP contribution >= 0.6 is 11.6 Å². The number of benzene rings is 1. The predicted octanol–water partition coefficient (Wildman–Crippen LogP) is 3.92. The molecule has 1 aromatic carbocycles. The van der Waals surface area contributed by atoms with Gasteiger partial charge in [-0.25, -0.2) is 4.39 Å². The summed E-state index contributed by atoms with van der Waals surface area (Å²) in [5.74, 6) is -0.595. The van der Waals surface area contributed by atoms with Crippen LogP contribution in [0.3, 0.4) is 0 Å². The molecule has 2 amide bonds. The third-order valence-electron chi connectivity index (χ3n) is 7.21. The highest BCUT2D eigenvalue weighted by molar-refractivity contribution is 6.34. The first-order valence-corrected chi connectivity index (χ1v) is 11.9. The highest BCUT2D eigenvalue weighted by atomic mass is 35.5. The summed E-state index contributed by atoms with van der Waals surface area (Å²) >= 11 is 6.20. The zero-order valence-corrected chi connectivity index (χ0v) is 19.4. The number of pyridine rings is 1. The summed E-state index contributed by atoms with van der Waals surface area (Å²) in [6.07, 6.45) is 6.86. The Morgan fingerprint density at radius 3 is 2.79 bits per heavy atom. The van der Waals surface area contributed by atoms with Crippen LogP contribution in [-0.2, 0) is 11.3 Å². The van der Waals surface area contributed by atoms with Gasteiger partial charge in [0.05, 0.1) is 33.8 Å². The summed E-state index contributed by atoms with van der Waals surface area (Å²) in [7, 11) is 0. The van der Waals surface area contributed by atoms with E-state index in [1.165, 1.54) is 12.1 Å². The second kappa shape index (κ2) is 9.00. The number of fused-ring (bicyclic) bond motifs is 1. The molecule has 1 saturated carbocycles. The first-order chi connectivity index (χ1) is 16.4. The quantitative estimate of drug-likeness (QED) is 0.574. The maximum atomic E-state index is 13.4. The number of carbonyl (C=O) groups excluding carboxylic acids is 2. The van der Waals surface area contributed by atoms with Gasteiger partial charge in [-0.3, -0.25) is 14.6 Å². The van der Waals surface area contributed by atoms with Crippen molar-refractivity contribution >= 4 is 40.1 Å². The lowest BCUT2D eigenvalue weighted by atomic mass is 9.71. The van der Waals surface area contributed by atoms with Gasteiger partial charge in [-0.15, -0.1) is 0 Å². The number of aliphatic hydroxyl groups excluding tert-OH is 1. The van der Waals surface area contributed by atoms with Crippen molar-refractivity contribution < 1.29 is 19.1 Å². The average molecular weight is 485 g/mol. The second-order valence-corrected chi connectivity index (χ2v) is 9.57. The largest absolute Gasteiger partial charge is 0.395 e. The molecule has 1 saturated heterocycles. The molecule has 9 heteroatoms. The van der Waals surface area contributed by atoms with Gasteiger partial charge in [-0.1, -0.05) is 11.6 Å². The van der Waals surface area contributed by atoms with Crippen LogP contribution in [0, 0.1) is 11.2 Å². The van der Waals surface area contributed by atoms with Gasteiger partial charge in [0.1, 0.15) is 11.3 Å². The molecule has 2 aliphatic rings. The maximum absolute atomic E-state index is 13.4. The number of nitrogens with zero attached hydrogens (tertiary/aromatic N) is 3. The highest BCUT2D eigenvalue weighted by Crippen LogP contribution is 2.47. The summed E-state index contributed by atoms with van der Waals surface area (Å²) in [5.41, 5.74) is 1.99. The number of aliphatic hydroxyl groups is 1. The Bertz CT molecular complexity index is 1250. The molecule has 5 rings (SSSR count). The van der Waals surface area contributed by atoms with E-state index in [4.69, 9.17) is 11.6 Å². The predicted molar refractivity (Wildman–Crippen MR) is 127 cm³/mol. The fourth-order valence-electron chi connectivity index (χ4n) is 5.37. The Morgan fingerprint density at radius 2 is 2.06 bits per heavy atom. The van der Waals surface area contributed by atoms with Gasteiger partial charge in [-0.05, 0) is 62.4 Å². The lowest BCUT2D eigenvalue weighted by molar-refractivity contribution is -0.127. The molecular formula is C25H26ClFN4O3. The van der Waals surface area contributed by atoms with Gasteiger partial charge in [0, 0.05) is 31.5 Å². The van der Waals surface area contributed by atoms with Crippen LogP contribution in [0.1, 0.15) is 42.5 Å². The highest BCUT2D eigenvalue weighted by Gasteiger charge is 2.49. The fraction of sp³-hybridized carbons (Fsp3) is 0.400. The lowest BCUT2D eigenvalue weighted by Crippen LogP contribution is -2.43. The van der Waals surface area contributed by atoms with Crippen LogP contribution in [-0.4, -0.2) is 45.7 Å². The molecule has 0 atom stereocenters. The average Bonchev–Trinajstić information content (AvgIpc) is 3.35. The molecule has 2 fully saturated rings. The zero-order valence-electron chi connectivity index (χ0n) is 18.6. The molecule has 0 bridgehead atoms. The number of anilines is 1. The Morgan fingerprint density at radius 1 is 1.26 bits per heavy atom. The Balaban J connectivity index is 1.26. The van der Waals surface area contributed by atoms with Gasteiger partial charge in [0.2, 0.25) is 5.91 Å². The summed E-state index contributed by atoms with van der Waals surface area (Å²) < 4.78 is 15.3. The third-order valence-corrected chi connectivity index (χ3v) is 7.52. The number of hydrogen-bond acceptors (Lipinski definition) is 4. The van der Waals surface area contributed by atoms with E-state index in [1.54, 1.807) is 29.4 Å². The van der Waals surface area contributed by atoms with E-state index < -0.39 is 11.2 Å². The number of carbonyl (C=O) groups is 2. The smallest absolute Gasteiger partial charge is 0.255 e. The molecule has 3 aromatic rings. The van der Waals surface area contributed by atoms with Crippen molar-refractivity contribution in [2.75, 3.05) is 18.1 Å². The topological polar surface area (TPSA) is 87.5 Å². The van der Waals surface area contributed by atoms with E-state index in [9.17, 15) is 19.1 Å². The Kier molecular flexibility index (Phi) is 6.04. The molecular weight excluding hydrogens is 459 g/mol. The van der Waals surface area contributed by atoms with Crippen molar-refractivity contribution in [2.45, 2.75) is 44.7 Å². The van der Waals surface area contributed by atoms with Gasteiger partial charge >= 0.3 is 0 Å². The molecule has 1 aliphatic heterocycles. The molecule has 0 unspecified atom stereocenters. The van der Waals surface area contributed by atoms with E-state index in [1.807, 2.05) is 10.6 Å². The van der Waals surface area contributed by atoms with Crippen molar-refractivity contribution in [3.8, 4) is 0 Å². The fourth-order valence-corrected chi connectivity index (χ4v) is 5.64. The molecule has 3 heterocycles. The first-order valence-electron chi connectivity index (χ1n) is 11.5. The normalized spacial score (nSPS) is 22.6. The summed E-state index contributed by atoms with van der Waals surface area (Å²) in [6, 6.07) is 7.76. The van der Waals surface area contributed by atoms with Crippen molar-refractivity contribution in [2.24, 2.45) is 5.41 Å². The number of aromatic nitrogens is 2. The standard InChI is InChI=1S/C25H26ClFN4O3/c26-19-14-16(27)3-4-20(19)31-11-9-25(24(31)34)7-5-17(6-8-25)29-23(33)18-15-30(12-13-32)21-2-1-10-28-22(18)21/h1-4,10,14-15,17,32H,5-9,11-13H2,(H,29,33). The van der Waals surface area contributed by atoms with Crippen molar-refractivity contribution in [1.82, 2.24) is 14.9 Å². The number of hydrogen-bond donors (Lipinski definition) is 2. The minimum absolute atomic E-state index is 0.0291. The molecule has 1 spiro atoms. The summed E-state index contributed by atoms with van der Waals surface area (Å²) in [5, 5.41) is 12.7. The molecule has 0 radical (unpaired) electrons. The summed E-state index contributed by atoms with van der Waals surface area (Å²) in [6.45, 7) is 0.911. The second-order valence-electron chi connectivity index (χ2n) is 9.16. The molecule has 178 valence electrons. The number of rotatable bonds is 5. The lowest BCUT2D eigenvalue weighted by Gasteiger charge is -2.36. The van der Waals surface area contributed by atoms with Gasteiger partial charge < -0.3 is 19.9 Å². The van der Waals surface area contributed by atoms with Gasteiger partial charge in [-0.2, -0.15) is 0 Å². The monoisotopic (exact) mass is 484 g/mol. The van der Waals surface area contributed by atoms with E-state index in [-0.39, 0.29) is 29.5 Å². The van der Waals surface area contributed by atoms with Gasteiger partial charge in [0.15, 0.2) is 0 Å². The van der Waals surface area contributed by atoms with Crippen molar-refractivity contribution in [1.29, 1.82) is 0 Å². The van der Waals surface area contributed by atoms with Gasteiger partial charge in [0.25, 0.3) is 5.91 Å². The summed E-state index contributed by atoms with van der Waals surface area (Å²) in [4.78, 5) is 32.4. The van der Waals surface area contributed by atoms with Crippen LogP contribution in [0.25, 0.3) is 11.0 Å². The number of amides is 2. The van der Waals surface area contributed by atoms with E-state index in [0.717, 1.165) is 11.9 Å². The maximum Gasteiger partial charge on any atom is 0.255 e. The number of nitrogens with one attached hydrogen (secondary N) is 1. The van der Waals surface area contributed by atoms with Crippen molar-refractivity contribution in [3.63, 3.8) is 0 Å².